The third-order valence-corrected chi connectivity index (χ3v) is 6.29. The third kappa shape index (κ3) is 3.01. The molecule has 0 amide bonds. The molecule has 3 fully saturated rings. The number of aromatic amines is 1. The maximum absolute atomic E-state index is 14.5. The van der Waals surface area contributed by atoms with Gasteiger partial charge in [-0.05, 0) is 43.6 Å². The minimum absolute atomic E-state index is 0.0301. The van der Waals surface area contributed by atoms with Crippen LogP contribution in [-0.2, 0) is 4.79 Å². The average molecular weight is 399 g/mol. The van der Waals surface area contributed by atoms with Gasteiger partial charge in [-0.3, -0.25) is 4.79 Å². The van der Waals surface area contributed by atoms with Crippen molar-refractivity contribution in [3.63, 3.8) is 0 Å². The number of hydrogen-bond acceptors (Lipinski definition) is 5. The van der Waals surface area contributed by atoms with E-state index in [2.05, 4.69) is 25.3 Å². The monoisotopic (exact) mass is 399 g/mol. The maximum Gasteiger partial charge on any atom is 0.308 e. The summed E-state index contributed by atoms with van der Waals surface area (Å²) in [6, 6.07) is 0.938. The first-order chi connectivity index (χ1) is 14.0. The van der Waals surface area contributed by atoms with E-state index in [1.807, 2.05) is 0 Å². The van der Waals surface area contributed by atoms with Crippen molar-refractivity contribution in [2.24, 2.45) is 17.8 Å². The van der Waals surface area contributed by atoms with Crippen LogP contribution in [0.3, 0.4) is 0 Å². The second kappa shape index (κ2) is 6.75. The Kier molecular flexibility index (Phi) is 4.18. The Bertz CT molecular complexity index is 1090. The minimum atomic E-state index is -0.857. The van der Waals surface area contributed by atoms with Crippen molar-refractivity contribution in [3.8, 4) is 11.4 Å². The fourth-order valence-corrected chi connectivity index (χ4v) is 4.93. The van der Waals surface area contributed by atoms with E-state index in [-0.39, 0.29) is 29.5 Å². The van der Waals surface area contributed by atoms with Gasteiger partial charge in [-0.1, -0.05) is 0 Å². The molecule has 7 nitrogen and oxygen atoms in total. The van der Waals surface area contributed by atoms with E-state index in [9.17, 15) is 18.7 Å². The smallest absolute Gasteiger partial charge is 0.308 e. The first-order valence-electron chi connectivity index (χ1n) is 9.66. The van der Waals surface area contributed by atoms with Gasteiger partial charge in [0.25, 0.3) is 0 Å². The highest BCUT2D eigenvalue weighted by molar-refractivity contribution is 5.91. The van der Waals surface area contributed by atoms with Crippen molar-refractivity contribution in [2.45, 2.75) is 31.7 Å². The fraction of sp³-hybridized carbons (Fsp3) is 0.400. The molecule has 0 unspecified atom stereocenters. The number of halogens is 2. The molecule has 0 spiro atoms. The zero-order valence-electron chi connectivity index (χ0n) is 15.4. The predicted molar refractivity (Wildman–Crippen MR) is 101 cm³/mol. The lowest BCUT2D eigenvalue weighted by molar-refractivity contribution is -0.148. The van der Waals surface area contributed by atoms with Crippen molar-refractivity contribution >= 4 is 22.8 Å². The Hall–Kier alpha value is -3.10. The Balaban J connectivity index is 1.51. The van der Waals surface area contributed by atoms with Gasteiger partial charge in [0, 0.05) is 23.2 Å². The van der Waals surface area contributed by atoms with Crippen LogP contribution in [0.1, 0.15) is 25.7 Å². The van der Waals surface area contributed by atoms with Gasteiger partial charge in [-0.15, -0.1) is 0 Å². The molecule has 3 aromatic heterocycles. The summed E-state index contributed by atoms with van der Waals surface area (Å²) in [6.45, 7) is 0. The Morgan fingerprint density at radius 3 is 2.66 bits per heavy atom. The molecule has 3 aromatic rings. The van der Waals surface area contributed by atoms with Crippen molar-refractivity contribution in [1.82, 2.24) is 19.9 Å². The molecule has 29 heavy (non-hydrogen) atoms. The van der Waals surface area contributed by atoms with E-state index in [4.69, 9.17) is 0 Å². The summed E-state index contributed by atoms with van der Waals surface area (Å²) in [5.74, 6) is -2.12. The summed E-state index contributed by atoms with van der Waals surface area (Å²) in [6.07, 6.45) is 7.39. The molecule has 3 heterocycles. The Labute approximate surface area is 164 Å². The summed E-state index contributed by atoms with van der Waals surface area (Å²) in [7, 11) is 0. The van der Waals surface area contributed by atoms with Crippen LogP contribution in [0.4, 0.5) is 14.6 Å². The maximum atomic E-state index is 14.5. The van der Waals surface area contributed by atoms with E-state index in [0.29, 0.717) is 16.6 Å². The van der Waals surface area contributed by atoms with Crippen molar-refractivity contribution < 1.29 is 18.7 Å². The molecule has 0 aromatic carbocycles. The zero-order valence-corrected chi connectivity index (χ0v) is 15.4. The summed E-state index contributed by atoms with van der Waals surface area (Å²) < 4.78 is 28.1. The number of aromatic nitrogens is 4. The van der Waals surface area contributed by atoms with Crippen molar-refractivity contribution in [2.75, 3.05) is 5.32 Å². The number of fused-ring (bicyclic) bond motifs is 4. The summed E-state index contributed by atoms with van der Waals surface area (Å²) >= 11 is 0. The SMILES string of the molecule is O=C(O)[C@@H]1C2CCC(CC2)[C@H]1Nc1nc(-c2c[nH]c3ncc(F)cc23)ncc1F. The Morgan fingerprint density at radius 1 is 1.14 bits per heavy atom. The predicted octanol–water partition coefficient (Wildman–Crippen LogP) is 3.60. The van der Waals surface area contributed by atoms with Gasteiger partial charge in [-0.25, -0.2) is 23.7 Å². The number of carboxylic acid groups (broad SMARTS) is 1. The van der Waals surface area contributed by atoms with Crippen LogP contribution in [0.2, 0.25) is 0 Å². The second-order valence-corrected chi connectivity index (χ2v) is 7.85. The standard InChI is InChI=1S/C20H19F2N5O2/c21-11-5-12-13(7-24-17(12)23-6-11)18-25-8-14(22)19(27-18)26-16-10-3-1-9(2-4-10)15(16)20(28)29/h5-10,15-16H,1-4H2,(H,23,24)(H,28,29)(H,25,26,27)/t9?,10?,15-,16-/m1/s1. The van der Waals surface area contributed by atoms with E-state index < -0.39 is 23.5 Å². The molecule has 9 heteroatoms. The molecule has 3 saturated carbocycles. The third-order valence-electron chi connectivity index (χ3n) is 6.29. The minimum Gasteiger partial charge on any atom is -0.481 e. The van der Waals surface area contributed by atoms with Crippen LogP contribution in [0.15, 0.2) is 24.7 Å². The van der Waals surface area contributed by atoms with E-state index >= 15 is 0 Å². The Morgan fingerprint density at radius 2 is 1.90 bits per heavy atom. The topological polar surface area (TPSA) is 104 Å². The van der Waals surface area contributed by atoms with Gasteiger partial charge in [0.05, 0.1) is 18.3 Å². The first-order valence-corrected chi connectivity index (χ1v) is 9.66. The zero-order chi connectivity index (χ0) is 20.1. The van der Waals surface area contributed by atoms with Crippen LogP contribution < -0.4 is 5.32 Å². The van der Waals surface area contributed by atoms with Crippen LogP contribution in [0, 0.1) is 29.4 Å². The number of H-pyrrole nitrogens is 1. The molecule has 0 saturated heterocycles. The van der Waals surface area contributed by atoms with Crippen molar-refractivity contribution in [3.05, 3.63) is 36.3 Å². The van der Waals surface area contributed by atoms with E-state index in [0.717, 1.165) is 38.1 Å². The van der Waals surface area contributed by atoms with Gasteiger partial charge >= 0.3 is 5.97 Å². The first kappa shape index (κ1) is 18.0. The number of anilines is 1. The van der Waals surface area contributed by atoms with Gasteiger partial charge < -0.3 is 15.4 Å². The number of nitrogens with zero attached hydrogens (tertiary/aromatic N) is 3. The van der Waals surface area contributed by atoms with Gasteiger partial charge in [-0.2, -0.15) is 0 Å². The number of pyridine rings is 1. The highest BCUT2D eigenvalue weighted by atomic mass is 19.1. The van der Waals surface area contributed by atoms with Crippen LogP contribution in [0.25, 0.3) is 22.4 Å². The molecule has 2 bridgehead atoms. The number of carboxylic acids is 1. The average Bonchev–Trinajstić information content (AvgIpc) is 3.13. The number of nitrogens with one attached hydrogen (secondary N) is 2. The molecule has 3 aliphatic rings. The molecule has 2 atom stereocenters. The molecular weight excluding hydrogens is 380 g/mol. The van der Waals surface area contributed by atoms with Gasteiger partial charge in [0.15, 0.2) is 17.5 Å². The molecule has 3 aliphatic carbocycles. The lowest BCUT2D eigenvalue weighted by atomic mass is 9.61. The van der Waals surface area contributed by atoms with Gasteiger partial charge in [0.1, 0.15) is 11.5 Å². The van der Waals surface area contributed by atoms with Crippen LogP contribution in [0.5, 0.6) is 0 Å². The largest absolute Gasteiger partial charge is 0.481 e. The van der Waals surface area contributed by atoms with Crippen LogP contribution in [-0.4, -0.2) is 37.1 Å². The second-order valence-electron chi connectivity index (χ2n) is 7.85. The molecule has 0 radical (unpaired) electrons. The highest BCUT2D eigenvalue weighted by Gasteiger charge is 2.47. The van der Waals surface area contributed by atoms with Gasteiger partial charge in [0.2, 0.25) is 0 Å². The van der Waals surface area contributed by atoms with Crippen molar-refractivity contribution in [1.29, 1.82) is 0 Å². The number of rotatable bonds is 4. The number of hydrogen-bond donors (Lipinski definition) is 3. The number of aliphatic carboxylic acids is 1. The molecule has 6 rings (SSSR count). The summed E-state index contributed by atoms with van der Waals surface area (Å²) in [5.41, 5.74) is 0.967. The lowest BCUT2D eigenvalue weighted by Gasteiger charge is -2.47. The fourth-order valence-electron chi connectivity index (χ4n) is 4.93. The normalized spacial score (nSPS) is 26.0. The molecule has 3 N–H and O–H groups in total. The molecular formula is C20H19F2N5O2. The van der Waals surface area contributed by atoms with Crippen LogP contribution >= 0.6 is 0 Å². The van der Waals surface area contributed by atoms with E-state index in [1.54, 1.807) is 6.20 Å². The quantitative estimate of drug-likeness (QED) is 0.619. The molecule has 0 aliphatic heterocycles. The summed E-state index contributed by atoms with van der Waals surface area (Å²) in [5, 5.41) is 13.3. The number of carbonyl (C=O) groups is 1. The summed E-state index contributed by atoms with van der Waals surface area (Å²) in [4.78, 5) is 27.1. The highest BCUT2D eigenvalue weighted by Crippen LogP contribution is 2.46. The lowest BCUT2D eigenvalue weighted by Crippen LogP contribution is -2.51. The molecule has 150 valence electrons. The van der Waals surface area contributed by atoms with E-state index in [1.165, 1.54) is 6.07 Å².